The molecule has 0 aliphatic rings. The number of fused-ring (bicyclic) bond motifs is 1. The third-order valence-corrected chi connectivity index (χ3v) is 2.09. The van der Waals surface area contributed by atoms with Crippen LogP contribution in [0.25, 0.3) is 10.9 Å². The molecule has 0 saturated carbocycles. The van der Waals surface area contributed by atoms with E-state index in [-0.39, 0.29) is 0 Å². The fourth-order valence-corrected chi connectivity index (χ4v) is 1.43. The Morgan fingerprint density at radius 3 is 2.71 bits per heavy atom. The molecule has 4 heteroatoms. The highest BCUT2D eigenvalue weighted by molar-refractivity contribution is 5.87. The van der Waals surface area contributed by atoms with Gasteiger partial charge in [-0.2, -0.15) is 8.78 Å². The van der Waals surface area contributed by atoms with Crippen LogP contribution in [0.2, 0.25) is 0 Å². The van der Waals surface area contributed by atoms with Crippen LogP contribution in [0.3, 0.4) is 0 Å². The van der Waals surface area contributed by atoms with Crippen molar-refractivity contribution in [3.63, 3.8) is 0 Å². The normalized spacial score (nSPS) is 11.1. The zero-order valence-corrected chi connectivity index (χ0v) is 7.15. The van der Waals surface area contributed by atoms with Crippen molar-refractivity contribution in [1.29, 1.82) is 0 Å². The second kappa shape index (κ2) is 3.21. The van der Waals surface area contributed by atoms with E-state index >= 15 is 0 Å². The summed E-state index contributed by atoms with van der Waals surface area (Å²) >= 11 is 0. The molecule has 0 N–H and O–H groups in total. The Hall–Kier alpha value is -1.71. The number of halogens is 2. The Balaban J connectivity index is 2.65. The third kappa shape index (κ3) is 1.28. The van der Waals surface area contributed by atoms with Crippen LogP contribution in [0.4, 0.5) is 8.78 Å². The SMILES string of the molecule is O=Cc1ccc2c(ccn2C(F)F)c1. The first-order valence-electron chi connectivity index (χ1n) is 4.06. The Bertz CT molecular complexity index is 476. The molecule has 72 valence electrons. The molecule has 2 aromatic rings. The van der Waals surface area contributed by atoms with Crippen LogP contribution in [0.15, 0.2) is 30.5 Å². The van der Waals surface area contributed by atoms with E-state index in [0.717, 1.165) is 4.57 Å². The number of aldehydes is 1. The van der Waals surface area contributed by atoms with E-state index in [1.54, 1.807) is 12.1 Å². The van der Waals surface area contributed by atoms with Gasteiger partial charge in [0.25, 0.3) is 0 Å². The van der Waals surface area contributed by atoms with Crippen LogP contribution in [0.1, 0.15) is 16.9 Å². The van der Waals surface area contributed by atoms with Crippen molar-refractivity contribution in [3.8, 4) is 0 Å². The van der Waals surface area contributed by atoms with Crippen LogP contribution in [0.5, 0.6) is 0 Å². The third-order valence-electron chi connectivity index (χ3n) is 2.09. The molecule has 0 aliphatic heterocycles. The highest BCUT2D eigenvalue weighted by Gasteiger charge is 2.08. The summed E-state index contributed by atoms with van der Waals surface area (Å²) in [6.45, 7) is -2.55. The van der Waals surface area contributed by atoms with Crippen molar-refractivity contribution in [2.75, 3.05) is 0 Å². The number of carbonyl (C=O) groups excluding carboxylic acids is 1. The molecule has 1 aromatic heterocycles. The molecule has 0 fully saturated rings. The highest BCUT2D eigenvalue weighted by atomic mass is 19.3. The molecule has 1 aromatic carbocycles. The van der Waals surface area contributed by atoms with Gasteiger partial charge in [-0.05, 0) is 24.3 Å². The fraction of sp³-hybridized carbons (Fsp3) is 0.100. The monoisotopic (exact) mass is 195 g/mol. The average Bonchev–Trinajstić information content (AvgIpc) is 2.59. The van der Waals surface area contributed by atoms with Crippen molar-refractivity contribution in [2.45, 2.75) is 6.55 Å². The van der Waals surface area contributed by atoms with Crippen LogP contribution < -0.4 is 0 Å². The second-order valence-corrected chi connectivity index (χ2v) is 2.94. The molecule has 2 nitrogen and oxygen atoms in total. The maximum atomic E-state index is 12.4. The van der Waals surface area contributed by atoms with Crippen molar-refractivity contribution >= 4 is 17.2 Å². The summed E-state index contributed by atoms with van der Waals surface area (Å²) in [5.41, 5.74) is 0.926. The van der Waals surface area contributed by atoms with Crippen LogP contribution >= 0.6 is 0 Å². The van der Waals surface area contributed by atoms with Gasteiger partial charge in [0.15, 0.2) is 0 Å². The topological polar surface area (TPSA) is 22.0 Å². The number of nitrogens with zero attached hydrogens (tertiary/aromatic N) is 1. The Kier molecular flexibility index (Phi) is 2.04. The molecule has 0 amide bonds. The molecule has 0 radical (unpaired) electrons. The summed E-state index contributed by atoms with van der Waals surface area (Å²) in [5.74, 6) is 0. The molecule has 2 rings (SSSR count). The van der Waals surface area contributed by atoms with Gasteiger partial charge >= 0.3 is 6.55 Å². The molecule has 1 heterocycles. The number of benzene rings is 1. The largest absolute Gasteiger partial charge is 0.319 e. The van der Waals surface area contributed by atoms with Crippen LogP contribution in [-0.4, -0.2) is 10.9 Å². The first kappa shape index (κ1) is 8.87. The first-order chi connectivity index (χ1) is 6.72. The van der Waals surface area contributed by atoms with Gasteiger partial charge in [-0.25, -0.2) is 0 Å². The minimum atomic E-state index is -2.55. The van der Waals surface area contributed by atoms with E-state index in [4.69, 9.17) is 0 Å². The van der Waals surface area contributed by atoms with E-state index in [1.807, 2.05) is 0 Å². The van der Waals surface area contributed by atoms with Crippen molar-refractivity contribution in [2.24, 2.45) is 0 Å². The molecule has 14 heavy (non-hydrogen) atoms. The number of aromatic nitrogens is 1. The lowest BCUT2D eigenvalue weighted by molar-refractivity contribution is 0.0752. The Labute approximate surface area is 78.8 Å². The summed E-state index contributed by atoms with van der Waals surface area (Å²) in [4.78, 5) is 10.4. The maximum absolute atomic E-state index is 12.4. The number of hydrogen-bond donors (Lipinski definition) is 0. The molecular formula is C10H7F2NO. The van der Waals surface area contributed by atoms with Crippen molar-refractivity contribution in [3.05, 3.63) is 36.0 Å². The zero-order chi connectivity index (χ0) is 10.1. The molecule has 0 unspecified atom stereocenters. The minimum Gasteiger partial charge on any atom is -0.298 e. The predicted octanol–water partition coefficient (Wildman–Crippen LogP) is 2.85. The average molecular weight is 195 g/mol. The number of rotatable bonds is 2. The molecular weight excluding hydrogens is 188 g/mol. The quantitative estimate of drug-likeness (QED) is 0.675. The second-order valence-electron chi connectivity index (χ2n) is 2.94. The van der Waals surface area contributed by atoms with E-state index in [9.17, 15) is 13.6 Å². The van der Waals surface area contributed by atoms with Gasteiger partial charge in [-0.3, -0.25) is 9.36 Å². The lowest BCUT2D eigenvalue weighted by Crippen LogP contribution is -1.94. The predicted molar refractivity (Wildman–Crippen MR) is 48.6 cm³/mol. The molecule has 0 atom stereocenters. The summed E-state index contributed by atoms with van der Waals surface area (Å²) < 4.78 is 25.7. The van der Waals surface area contributed by atoms with Gasteiger partial charge in [0.2, 0.25) is 0 Å². The zero-order valence-electron chi connectivity index (χ0n) is 7.15. The van der Waals surface area contributed by atoms with Crippen molar-refractivity contribution < 1.29 is 13.6 Å². The lowest BCUT2D eigenvalue weighted by atomic mass is 10.2. The van der Waals surface area contributed by atoms with E-state index in [2.05, 4.69) is 0 Å². The first-order valence-corrected chi connectivity index (χ1v) is 4.06. The number of hydrogen-bond acceptors (Lipinski definition) is 1. The maximum Gasteiger partial charge on any atom is 0.319 e. The van der Waals surface area contributed by atoms with Gasteiger partial charge in [-0.1, -0.05) is 0 Å². The van der Waals surface area contributed by atoms with Gasteiger partial charge in [0, 0.05) is 17.1 Å². The lowest BCUT2D eigenvalue weighted by Gasteiger charge is -2.02. The Morgan fingerprint density at radius 1 is 1.29 bits per heavy atom. The van der Waals surface area contributed by atoms with Crippen LogP contribution in [-0.2, 0) is 0 Å². The fourth-order valence-electron chi connectivity index (χ4n) is 1.43. The molecule has 0 bridgehead atoms. The molecule has 0 aliphatic carbocycles. The van der Waals surface area contributed by atoms with E-state index in [1.165, 1.54) is 18.3 Å². The summed E-state index contributed by atoms with van der Waals surface area (Å²) in [7, 11) is 0. The van der Waals surface area contributed by atoms with E-state index < -0.39 is 6.55 Å². The van der Waals surface area contributed by atoms with Gasteiger partial charge in [-0.15, -0.1) is 0 Å². The molecule has 0 saturated heterocycles. The van der Waals surface area contributed by atoms with Gasteiger partial charge in [0.05, 0.1) is 5.52 Å². The minimum absolute atomic E-state index is 0.436. The van der Waals surface area contributed by atoms with Gasteiger partial charge in [0.1, 0.15) is 6.29 Å². The molecule has 0 spiro atoms. The summed E-state index contributed by atoms with van der Waals surface area (Å²) in [6, 6.07) is 6.19. The van der Waals surface area contributed by atoms with Gasteiger partial charge < -0.3 is 0 Å². The standard InChI is InChI=1S/C10H7F2NO/c11-10(12)13-4-3-8-5-7(6-14)1-2-9(8)13/h1-6,10H. The number of alkyl halides is 2. The van der Waals surface area contributed by atoms with E-state index in [0.29, 0.717) is 22.8 Å². The summed E-state index contributed by atoms with van der Waals surface area (Å²) in [5, 5.41) is 0.648. The van der Waals surface area contributed by atoms with Crippen molar-refractivity contribution in [1.82, 2.24) is 4.57 Å². The highest BCUT2D eigenvalue weighted by Crippen LogP contribution is 2.22. The van der Waals surface area contributed by atoms with Crippen LogP contribution in [0, 0.1) is 0 Å². The Morgan fingerprint density at radius 2 is 2.07 bits per heavy atom. The summed E-state index contributed by atoms with van der Waals surface area (Å²) in [6.07, 6.45) is 2.00. The number of carbonyl (C=O) groups is 1. The smallest absolute Gasteiger partial charge is 0.298 e.